The van der Waals surface area contributed by atoms with E-state index in [0.29, 0.717) is 6.61 Å². The first-order chi connectivity index (χ1) is 5.83. The number of methoxy groups -OCH3 is 1. The number of cyclic esters (lactones) is 1. The molecule has 0 saturated carbocycles. The van der Waals surface area contributed by atoms with E-state index in [1.807, 2.05) is 0 Å². The van der Waals surface area contributed by atoms with Gasteiger partial charge in [0.05, 0.1) is 18.8 Å². The SMILES string of the molecule is CO[C@H]1CCN2C(=O)OCC[C@H]12. The van der Waals surface area contributed by atoms with E-state index in [0.717, 1.165) is 19.4 Å². The fraction of sp³-hybridized carbons (Fsp3) is 0.875. The van der Waals surface area contributed by atoms with Crippen LogP contribution in [0.15, 0.2) is 0 Å². The lowest BCUT2D eigenvalue weighted by atomic mass is 10.1. The molecule has 1 amide bonds. The van der Waals surface area contributed by atoms with Gasteiger partial charge in [-0.1, -0.05) is 0 Å². The standard InChI is InChI=1S/C8H13NO3/c1-11-7-2-4-9-6(7)3-5-12-8(9)10/h6-7H,2-5H2,1H3/t6-,7+/m1/s1. The Morgan fingerprint density at radius 3 is 3.17 bits per heavy atom. The van der Waals surface area contributed by atoms with Crippen molar-refractivity contribution in [3.63, 3.8) is 0 Å². The highest BCUT2D eigenvalue weighted by atomic mass is 16.6. The molecule has 0 N–H and O–H groups in total. The van der Waals surface area contributed by atoms with Crippen LogP contribution in [0.3, 0.4) is 0 Å². The van der Waals surface area contributed by atoms with Crippen LogP contribution >= 0.6 is 0 Å². The van der Waals surface area contributed by atoms with Gasteiger partial charge in [-0.25, -0.2) is 4.79 Å². The Morgan fingerprint density at radius 1 is 1.58 bits per heavy atom. The number of hydrogen-bond donors (Lipinski definition) is 0. The van der Waals surface area contributed by atoms with E-state index >= 15 is 0 Å². The molecule has 2 heterocycles. The predicted molar refractivity (Wildman–Crippen MR) is 41.9 cm³/mol. The summed E-state index contributed by atoms with van der Waals surface area (Å²) in [5, 5.41) is 0. The fourth-order valence-electron chi connectivity index (χ4n) is 2.02. The molecule has 2 saturated heterocycles. The lowest BCUT2D eigenvalue weighted by molar-refractivity contribution is 0.0157. The van der Waals surface area contributed by atoms with Crippen LogP contribution in [0.5, 0.6) is 0 Å². The van der Waals surface area contributed by atoms with Crippen LogP contribution in [0.4, 0.5) is 4.79 Å². The largest absolute Gasteiger partial charge is 0.449 e. The number of fused-ring (bicyclic) bond motifs is 1. The zero-order chi connectivity index (χ0) is 8.55. The average molecular weight is 171 g/mol. The first-order valence-corrected chi connectivity index (χ1v) is 4.29. The number of carbonyl (C=O) groups excluding carboxylic acids is 1. The summed E-state index contributed by atoms with van der Waals surface area (Å²) in [6, 6.07) is 0.260. The van der Waals surface area contributed by atoms with Gasteiger partial charge in [0.15, 0.2) is 0 Å². The smallest absolute Gasteiger partial charge is 0.410 e. The van der Waals surface area contributed by atoms with Crippen molar-refractivity contribution in [1.29, 1.82) is 0 Å². The van der Waals surface area contributed by atoms with Gasteiger partial charge in [0.1, 0.15) is 0 Å². The minimum Gasteiger partial charge on any atom is -0.449 e. The Hall–Kier alpha value is -0.770. The van der Waals surface area contributed by atoms with Crippen molar-refractivity contribution in [3.8, 4) is 0 Å². The van der Waals surface area contributed by atoms with E-state index in [2.05, 4.69) is 0 Å². The molecule has 0 aromatic rings. The molecule has 0 radical (unpaired) electrons. The molecule has 0 aromatic carbocycles. The summed E-state index contributed by atoms with van der Waals surface area (Å²) in [4.78, 5) is 13.0. The van der Waals surface area contributed by atoms with Gasteiger partial charge in [0, 0.05) is 20.1 Å². The van der Waals surface area contributed by atoms with Gasteiger partial charge in [0.25, 0.3) is 0 Å². The van der Waals surface area contributed by atoms with Crippen molar-refractivity contribution < 1.29 is 14.3 Å². The summed E-state index contributed by atoms with van der Waals surface area (Å²) in [6.45, 7) is 1.32. The molecule has 0 spiro atoms. The zero-order valence-electron chi connectivity index (χ0n) is 7.16. The Balaban J connectivity index is 2.08. The van der Waals surface area contributed by atoms with Gasteiger partial charge < -0.3 is 14.4 Å². The van der Waals surface area contributed by atoms with Crippen LogP contribution in [-0.4, -0.2) is 43.4 Å². The highest BCUT2D eigenvalue weighted by Gasteiger charge is 2.40. The predicted octanol–water partition coefficient (Wildman–Crippen LogP) is 0.616. The highest BCUT2D eigenvalue weighted by molar-refractivity contribution is 5.69. The number of hydrogen-bond acceptors (Lipinski definition) is 3. The normalized spacial score (nSPS) is 34.8. The first kappa shape index (κ1) is 7.86. The maximum Gasteiger partial charge on any atom is 0.410 e. The summed E-state index contributed by atoms with van der Waals surface area (Å²) in [5.41, 5.74) is 0. The van der Waals surface area contributed by atoms with Crippen LogP contribution < -0.4 is 0 Å². The summed E-state index contributed by atoms with van der Waals surface area (Å²) < 4.78 is 10.2. The molecule has 12 heavy (non-hydrogen) atoms. The quantitative estimate of drug-likeness (QED) is 0.580. The third-order valence-corrected chi connectivity index (χ3v) is 2.66. The number of ether oxygens (including phenoxy) is 2. The number of carbonyl (C=O) groups is 1. The van der Waals surface area contributed by atoms with E-state index in [1.54, 1.807) is 12.0 Å². The van der Waals surface area contributed by atoms with Gasteiger partial charge in [-0.3, -0.25) is 0 Å². The van der Waals surface area contributed by atoms with E-state index in [4.69, 9.17) is 9.47 Å². The average Bonchev–Trinajstić information content (AvgIpc) is 2.49. The Bertz CT molecular complexity index is 195. The summed E-state index contributed by atoms with van der Waals surface area (Å²) in [7, 11) is 1.70. The molecular formula is C8H13NO3. The molecule has 2 rings (SSSR count). The van der Waals surface area contributed by atoms with Gasteiger partial charge in [-0.2, -0.15) is 0 Å². The number of rotatable bonds is 1. The van der Waals surface area contributed by atoms with Crippen LogP contribution in [0.2, 0.25) is 0 Å². The van der Waals surface area contributed by atoms with E-state index < -0.39 is 0 Å². The minimum absolute atomic E-state index is 0.175. The monoisotopic (exact) mass is 171 g/mol. The van der Waals surface area contributed by atoms with Gasteiger partial charge >= 0.3 is 6.09 Å². The molecule has 0 bridgehead atoms. The molecule has 0 aromatic heterocycles. The third kappa shape index (κ3) is 1.06. The van der Waals surface area contributed by atoms with Crippen molar-refractivity contribution in [2.75, 3.05) is 20.3 Å². The van der Waals surface area contributed by atoms with Crippen molar-refractivity contribution in [2.24, 2.45) is 0 Å². The second-order valence-corrected chi connectivity index (χ2v) is 3.23. The van der Waals surface area contributed by atoms with Crippen LogP contribution in [0.1, 0.15) is 12.8 Å². The molecule has 0 aliphatic carbocycles. The van der Waals surface area contributed by atoms with Gasteiger partial charge in [-0.05, 0) is 6.42 Å². The minimum atomic E-state index is -0.175. The summed E-state index contributed by atoms with van der Waals surface area (Å²) in [6.07, 6.45) is 1.89. The molecule has 2 atom stereocenters. The molecule has 2 aliphatic heterocycles. The Kier molecular flexibility index (Phi) is 1.92. The lowest BCUT2D eigenvalue weighted by Crippen LogP contribution is -2.45. The third-order valence-electron chi connectivity index (χ3n) is 2.66. The molecule has 0 unspecified atom stereocenters. The second kappa shape index (κ2) is 2.94. The van der Waals surface area contributed by atoms with E-state index in [-0.39, 0.29) is 18.2 Å². The van der Waals surface area contributed by atoms with Gasteiger partial charge in [0.2, 0.25) is 0 Å². The summed E-state index contributed by atoms with van der Waals surface area (Å²) >= 11 is 0. The van der Waals surface area contributed by atoms with Crippen molar-refractivity contribution in [1.82, 2.24) is 4.90 Å². The molecule has 2 fully saturated rings. The zero-order valence-corrected chi connectivity index (χ0v) is 7.16. The second-order valence-electron chi connectivity index (χ2n) is 3.23. The lowest BCUT2D eigenvalue weighted by Gasteiger charge is -2.30. The van der Waals surface area contributed by atoms with Crippen molar-refractivity contribution >= 4 is 6.09 Å². The van der Waals surface area contributed by atoms with E-state index in [9.17, 15) is 4.79 Å². The topological polar surface area (TPSA) is 38.8 Å². The molecule has 68 valence electrons. The van der Waals surface area contributed by atoms with Crippen molar-refractivity contribution in [3.05, 3.63) is 0 Å². The molecular weight excluding hydrogens is 158 g/mol. The first-order valence-electron chi connectivity index (χ1n) is 4.29. The van der Waals surface area contributed by atoms with E-state index in [1.165, 1.54) is 0 Å². The Morgan fingerprint density at radius 2 is 2.42 bits per heavy atom. The number of nitrogens with zero attached hydrogens (tertiary/aromatic N) is 1. The fourth-order valence-corrected chi connectivity index (χ4v) is 2.02. The van der Waals surface area contributed by atoms with Crippen LogP contribution in [0, 0.1) is 0 Å². The number of amides is 1. The van der Waals surface area contributed by atoms with Gasteiger partial charge in [-0.15, -0.1) is 0 Å². The molecule has 4 nitrogen and oxygen atoms in total. The molecule has 2 aliphatic rings. The van der Waals surface area contributed by atoms with Crippen molar-refractivity contribution in [2.45, 2.75) is 25.0 Å². The highest BCUT2D eigenvalue weighted by Crippen LogP contribution is 2.26. The van der Waals surface area contributed by atoms with Crippen LogP contribution in [-0.2, 0) is 9.47 Å². The Labute approximate surface area is 71.4 Å². The maximum absolute atomic E-state index is 11.2. The van der Waals surface area contributed by atoms with Crippen LogP contribution in [0.25, 0.3) is 0 Å². The summed E-state index contributed by atoms with van der Waals surface area (Å²) in [5.74, 6) is 0. The molecule has 4 heteroatoms. The maximum atomic E-state index is 11.2.